The van der Waals surface area contributed by atoms with Crippen molar-refractivity contribution in [1.82, 2.24) is 5.32 Å². The standard InChI is InChI=1S/C13H27N3O2/c1-5-9(7-12(14)16-17)15-10-8-11(18-6-2)13(10,3)4/h9-11,15,17H,5-8H2,1-4H3,(H2,14,16). The van der Waals surface area contributed by atoms with Crippen LogP contribution in [0.2, 0.25) is 0 Å². The fraction of sp³-hybridized carbons (Fsp3) is 0.923. The first kappa shape index (κ1) is 15.2. The lowest BCUT2D eigenvalue weighted by molar-refractivity contribution is -0.116. The van der Waals surface area contributed by atoms with E-state index in [0.29, 0.717) is 18.6 Å². The molecule has 5 nitrogen and oxygen atoms in total. The molecule has 0 spiro atoms. The molecule has 0 heterocycles. The third-order valence-corrected chi connectivity index (χ3v) is 4.06. The molecule has 4 N–H and O–H groups in total. The third kappa shape index (κ3) is 3.36. The summed E-state index contributed by atoms with van der Waals surface area (Å²) >= 11 is 0. The normalized spacial score (nSPS) is 28.8. The highest BCUT2D eigenvalue weighted by Gasteiger charge is 2.49. The van der Waals surface area contributed by atoms with Gasteiger partial charge in [-0.25, -0.2) is 0 Å². The fourth-order valence-electron chi connectivity index (χ4n) is 2.55. The van der Waals surface area contributed by atoms with Crippen LogP contribution in [0.25, 0.3) is 0 Å². The van der Waals surface area contributed by atoms with Crippen molar-refractivity contribution in [2.24, 2.45) is 16.3 Å². The minimum Gasteiger partial charge on any atom is -0.409 e. The molecular formula is C13H27N3O2. The average molecular weight is 257 g/mol. The highest BCUT2D eigenvalue weighted by molar-refractivity contribution is 5.80. The summed E-state index contributed by atoms with van der Waals surface area (Å²) in [6, 6.07) is 0.693. The van der Waals surface area contributed by atoms with Gasteiger partial charge in [-0.2, -0.15) is 0 Å². The highest BCUT2D eigenvalue weighted by atomic mass is 16.5. The van der Waals surface area contributed by atoms with Gasteiger partial charge < -0.3 is 21.0 Å². The third-order valence-electron chi connectivity index (χ3n) is 4.06. The van der Waals surface area contributed by atoms with Crippen LogP contribution in [0.4, 0.5) is 0 Å². The van der Waals surface area contributed by atoms with E-state index in [1.807, 2.05) is 6.92 Å². The molecule has 3 atom stereocenters. The molecule has 1 rings (SSSR count). The summed E-state index contributed by atoms with van der Waals surface area (Å²) in [4.78, 5) is 0. The maximum Gasteiger partial charge on any atom is 0.140 e. The minimum atomic E-state index is 0.147. The summed E-state index contributed by atoms with van der Waals surface area (Å²) in [5.74, 6) is 0.285. The van der Waals surface area contributed by atoms with Crippen molar-refractivity contribution < 1.29 is 9.94 Å². The number of nitrogens with two attached hydrogens (primary N) is 1. The van der Waals surface area contributed by atoms with Crippen molar-refractivity contribution >= 4 is 5.84 Å². The van der Waals surface area contributed by atoms with Crippen molar-refractivity contribution in [2.75, 3.05) is 6.61 Å². The van der Waals surface area contributed by atoms with Gasteiger partial charge in [0, 0.05) is 30.5 Å². The summed E-state index contributed by atoms with van der Waals surface area (Å²) < 4.78 is 5.71. The number of rotatable bonds is 7. The zero-order chi connectivity index (χ0) is 13.8. The Kier molecular flexibility index (Phi) is 5.41. The first-order valence-electron chi connectivity index (χ1n) is 6.79. The van der Waals surface area contributed by atoms with Gasteiger partial charge in [0.1, 0.15) is 5.84 Å². The Balaban J connectivity index is 2.47. The summed E-state index contributed by atoms with van der Waals surface area (Å²) in [5, 5.41) is 15.2. The maximum absolute atomic E-state index is 8.61. The summed E-state index contributed by atoms with van der Waals surface area (Å²) in [7, 11) is 0. The van der Waals surface area contributed by atoms with Crippen LogP contribution in [-0.2, 0) is 4.74 Å². The molecule has 0 saturated heterocycles. The van der Waals surface area contributed by atoms with E-state index < -0.39 is 0 Å². The van der Waals surface area contributed by atoms with Gasteiger partial charge in [-0.05, 0) is 19.8 Å². The van der Waals surface area contributed by atoms with Crippen LogP contribution in [0.3, 0.4) is 0 Å². The van der Waals surface area contributed by atoms with E-state index >= 15 is 0 Å². The molecule has 0 amide bonds. The second-order valence-corrected chi connectivity index (χ2v) is 5.62. The van der Waals surface area contributed by atoms with Gasteiger partial charge >= 0.3 is 0 Å². The van der Waals surface area contributed by atoms with Crippen molar-refractivity contribution in [1.29, 1.82) is 0 Å². The zero-order valence-corrected chi connectivity index (χ0v) is 11.9. The van der Waals surface area contributed by atoms with E-state index in [0.717, 1.165) is 19.4 Å². The SMILES string of the molecule is CCOC1CC(NC(CC)CC(N)=NO)C1(C)C. The average Bonchev–Trinajstić information content (AvgIpc) is 2.35. The molecule has 1 saturated carbocycles. The summed E-state index contributed by atoms with van der Waals surface area (Å²) in [6.45, 7) is 9.36. The Hall–Kier alpha value is -0.810. The van der Waals surface area contributed by atoms with Crippen LogP contribution in [0.1, 0.15) is 47.0 Å². The Bertz CT molecular complexity index is 292. The Morgan fingerprint density at radius 1 is 1.56 bits per heavy atom. The van der Waals surface area contributed by atoms with E-state index in [4.69, 9.17) is 15.7 Å². The van der Waals surface area contributed by atoms with Crippen LogP contribution < -0.4 is 11.1 Å². The van der Waals surface area contributed by atoms with Crippen LogP contribution in [0.5, 0.6) is 0 Å². The summed E-state index contributed by atoms with van der Waals surface area (Å²) in [5.41, 5.74) is 5.71. The van der Waals surface area contributed by atoms with E-state index in [1.54, 1.807) is 0 Å². The van der Waals surface area contributed by atoms with E-state index in [2.05, 4.69) is 31.2 Å². The zero-order valence-electron chi connectivity index (χ0n) is 11.9. The second-order valence-electron chi connectivity index (χ2n) is 5.62. The predicted octanol–water partition coefficient (Wildman–Crippen LogP) is 1.69. The lowest BCUT2D eigenvalue weighted by Gasteiger charge is -2.53. The molecule has 0 aromatic carbocycles. The molecule has 106 valence electrons. The Morgan fingerprint density at radius 3 is 2.67 bits per heavy atom. The Labute approximate surface area is 110 Å². The van der Waals surface area contributed by atoms with Gasteiger partial charge in [0.05, 0.1) is 6.10 Å². The first-order valence-corrected chi connectivity index (χ1v) is 6.79. The number of hydrogen-bond donors (Lipinski definition) is 3. The Morgan fingerprint density at radius 2 is 2.22 bits per heavy atom. The van der Waals surface area contributed by atoms with E-state index in [9.17, 15) is 0 Å². The molecule has 1 aliphatic carbocycles. The molecule has 0 aromatic heterocycles. The number of hydrogen-bond acceptors (Lipinski definition) is 4. The largest absolute Gasteiger partial charge is 0.409 e. The molecule has 5 heteroatoms. The van der Waals surface area contributed by atoms with E-state index in [-0.39, 0.29) is 17.3 Å². The lowest BCUT2D eigenvalue weighted by atomic mass is 9.64. The monoisotopic (exact) mass is 257 g/mol. The summed E-state index contributed by atoms with van der Waals surface area (Å²) in [6.07, 6.45) is 2.91. The molecule has 0 aliphatic heterocycles. The van der Waals surface area contributed by atoms with Gasteiger partial charge in [0.25, 0.3) is 0 Å². The van der Waals surface area contributed by atoms with E-state index in [1.165, 1.54) is 0 Å². The predicted molar refractivity (Wildman–Crippen MR) is 72.8 cm³/mol. The van der Waals surface area contributed by atoms with Crippen LogP contribution in [0.15, 0.2) is 5.16 Å². The number of ether oxygens (including phenoxy) is 1. The molecule has 18 heavy (non-hydrogen) atoms. The van der Waals surface area contributed by atoms with Crippen molar-refractivity contribution in [3.8, 4) is 0 Å². The first-order chi connectivity index (χ1) is 8.45. The minimum absolute atomic E-state index is 0.147. The quantitative estimate of drug-likeness (QED) is 0.281. The topological polar surface area (TPSA) is 79.9 Å². The highest BCUT2D eigenvalue weighted by Crippen LogP contribution is 2.43. The smallest absolute Gasteiger partial charge is 0.140 e. The number of oxime groups is 1. The molecule has 0 aromatic rings. The van der Waals surface area contributed by atoms with Crippen molar-refractivity contribution in [2.45, 2.75) is 65.1 Å². The molecule has 3 unspecified atom stereocenters. The van der Waals surface area contributed by atoms with Crippen LogP contribution >= 0.6 is 0 Å². The molecule has 1 aliphatic rings. The van der Waals surface area contributed by atoms with Gasteiger partial charge in [0.2, 0.25) is 0 Å². The van der Waals surface area contributed by atoms with Crippen LogP contribution in [-0.4, -0.2) is 35.8 Å². The number of nitrogens with one attached hydrogen (secondary N) is 1. The lowest BCUT2D eigenvalue weighted by Crippen LogP contribution is -2.63. The van der Waals surface area contributed by atoms with Gasteiger partial charge in [-0.15, -0.1) is 0 Å². The molecule has 1 fully saturated rings. The van der Waals surface area contributed by atoms with Crippen molar-refractivity contribution in [3.05, 3.63) is 0 Å². The van der Waals surface area contributed by atoms with Gasteiger partial charge in [0.15, 0.2) is 0 Å². The second kappa shape index (κ2) is 6.38. The van der Waals surface area contributed by atoms with Gasteiger partial charge in [-0.3, -0.25) is 0 Å². The van der Waals surface area contributed by atoms with Crippen LogP contribution in [0, 0.1) is 5.41 Å². The van der Waals surface area contributed by atoms with Crippen molar-refractivity contribution in [3.63, 3.8) is 0 Å². The molecular weight excluding hydrogens is 230 g/mol. The number of nitrogens with zero attached hydrogens (tertiary/aromatic N) is 1. The maximum atomic E-state index is 8.61. The van der Waals surface area contributed by atoms with Gasteiger partial charge in [-0.1, -0.05) is 25.9 Å². The fourth-order valence-corrected chi connectivity index (χ4v) is 2.55. The molecule has 0 radical (unpaired) electrons. The molecule has 0 bridgehead atoms. The number of amidine groups is 1.